The monoisotopic (exact) mass is 527 g/mol. The van der Waals surface area contributed by atoms with E-state index < -0.39 is 10.0 Å². The molecule has 0 aliphatic heterocycles. The maximum atomic E-state index is 13.5. The Hall–Kier alpha value is -2.52. The molecule has 3 aromatic rings. The summed E-state index contributed by atoms with van der Waals surface area (Å²) in [5.74, 6) is 0.235. The van der Waals surface area contributed by atoms with E-state index in [9.17, 15) is 12.8 Å². The minimum absolute atomic E-state index is 0. The van der Waals surface area contributed by atoms with E-state index in [1.807, 2.05) is 31.1 Å². The molecule has 0 aromatic heterocycles. The molecule has 0 saturated carbocycles. The lowest BCUT2D eigenvalue weighted by Gasteiger charge is -2.28. The summed E-state index contributed by atoms with van der Waals surface area (Å²) in [5.41, 5.74) is 1.20. The van der Waals surface area contributed by atoms with Gasteiger partial charge < -0.3 is 15.0 Å². The predicted molar refractivity (Wildman–Crippen MR) is 139 cm³/mol. The first-order chi connectivity index (χ1) is 15.8. The van der Waals surface area contributed by atoms with Gasteiger partial charge in [-0.2, -0.15) is 0 Å². The average Bonchev–Trinajstić information content (AvgIpc) is 2.79. The van der Waals surface area contributed by atoms with Gasteiger partial charge in [0.2, 0.25) is 0 Å². The van der Waals surface area contributed by atoms with Crippen molar-refractivity contribution in [1.82, 2.24) is 4.90 Å². The molecule has 3 rings (SSSR count). The molecular formula is C24H28Cl2FN3O3S. The Kier molecular flexibility index (Phi) is 10.4. The van der Waals surface area contributed by atoms with Gasteiger partial charge in [-0.25, -0.2) is 12.8 Å². The van der Waals surface area contributed by atoms with Crippen molar-refractivity contribution in [2.45, 2.75) is 4.90 Å². The highest BCUT2D eigenvalue weighted by Crippen LogP contribution is 2.31. The van der Waals surface area contributed by atoms with Crippen molar-refractivity contribution in [1.29, 1.82) is 0 Å². The second kappa shape index (κ2) is 12.8. The third-order valence-electron chi connectivity index (χ3n) is 4.82. The number of hydrogen-bond acceptors (Lipinski definition) is 5. The Morgan fingerprint density at radius 3 is 2.24 bits per heavy atom. The zero-order chi connectivity index (χ0) is 23.8. The maximum Gasteiger partial charge on any atom is 0.264 e. The summed E-state index contributed by atoms with van der Waals surface area (Å²) in [6.07, 6.45) is 0. The largest absolute Gasteiger partial charge is 0.492 e. The van der Waals surface area contributed by atoms with E-state index in [-0.39, 0.29) is 29.7 Å². The van der Waals surface area contributed by atoms with E-state index in [2.05, 4.69) is 5.32 Å². The number of nitrogens with zero attached hydrogens (tertiary/aromatic N) is 2. The number of anilines is 2. The normalized spacial score (nSPS) is 11.1. The molecule has 0 amide bonds. The van der Waals surface area contributed by atoms with Crippen LogP contribution in [0.2, 0.25) is 5.02 Å². The van der Waals surface area contributed by atoms with Gasteiger partial charge in [0.15, 0.2) is 0 Å². The Balaban J connectivity index is 0.00000408. The molecule has 0 spiro atoms. The second-order valence-corrected chi connectivity index (χ2v) is 9.88. The number of likely N-dealkylation sites (N-methyl/N-ethyl adjacent to an activating group) is 1. The lowest BCUT2D eigenvalue weighted by Crippen LogP contribution is -2.37. The van der Waals surface area contributed by atoms with Gasteiger partial charge in [-0.1, -0.05) is 23.7 Å². The van der Waals surface area contributed by atoms with Gasteiger partial charge >= 0.3 is 0 Å². The van der Waals surface area contributed by atoms with E-state index in [0.717, 1.165) is 0 Å². The summed E-state index contributed by atoms with van der Waals surface area (Å²) in [4.78, 5) is 2.09. The van der Waals surface area contributed by atoms with Gasteiger partial charge in [-0.3, -0.25) is 4.31 Å². The lowest BCUT2D eigenvalue weighted by atomic mass is 10.2. The van der Waals surface area contributed by atoms with Crippen LogP contribution in [0.15, 0.2) is 77.7 Å². The van der Waals surface area contributed by atoms with E-state index in [4.69, 9.17) is 16.3 Å². The highest BCUT2D eigenvalue weighted by Gasteiger charge is 2.26. The van der Waals surface area contributed by atoms with E-state index in [0.29, 0.717) is 41.8 Å². The highest BCUT2D eigenvalue weighted by molar-refractivity contribution is 7.92. The Morgan fingerprint density at radius 2 is 1.59 bits per heavy atom. The summed E-state index contributed by atoms with van der Waals surface area (Å²) in [7, 11) is -0.0397. The van der Waals surface area contributed by atoms with Crippen molar-refractivity contribution in [3.8, 4) is 5.75 Å². The molecule has 3 aromatic carbocycles. The molecule has 6 nitrogen and oxygen atoms in total. The molecule has 0 radical (unpaired) electrons. The summed E-state index contributed by atoms with van der Waals surface area (Å²) in [5, 5.41) is 3.73. The van der Waals surface area contributed by atoms with Crippen molar-refractivity contribution in [3.05, 3.63) is 83.6 Å². The van der Waals surface area contributed by atoms with Crippen molar-refractivity contribution in [3.63, 3.8) is 0 Å². The lowest BCUT2D eigenvalue weighted by molar-refractivity contribution is 0.332. The van der Waals surface area contributed by atoms with Crippen LogP contribution in [-0.2, 0) is 10.0 Å². The van der Waals surface area contributed by atoms with Crippen LogP contribution in [0, 0.1) is 5.82 Å². The van der Waals surface area contributed by atoms with Crippen molar-refractivity contribution >= 4 is 45.4 Å². The number of nitrogens with one attached hydrogen (secondary N) is 1. The van der Waals surface area contributed by atoms with Crippen molar-refractivity contribution in [2.24, 2.45) is 0 Å². The zero-order valence-electron chi connectivity index (χ0n) is 18.9. The van der Waals surface area contributed by atoms with Gasteiger partial charge in [0.25, 0.3) is 10.0 Å². The molecule has 0 fully saturated rings. The maximum absolute atomic E-state index is 13.5. The Bertz CT molecular complexity index is 1140. The first kappa shape index (κ1) is 27.7. The van der Waals surface area contributed by atoms with Gasteiger partial charge in [0.05, 0.1) is 16.3 Å². The number of benzene rings is 3. The van der Waals surface area contributed by atoms with Crippen LogP contribution in [0.5, 0.6) is 5.75 Å². The summed E-state index contributed by atoms with van der Waals surface area (Å²) >= 11 is 5.95. The predicted octanol–water partition coefficient (Wildman–Crippen LogP) is 5.15. The minimum Gasteiger partial charge on any atom is -0.492 e. The quantitative estimate of drug-likeness (QED) is 0.349. The third-order valence-corrected chi connectivity index (χ3v) is 6.90. The van der Waals surface area contributed by atoms with Crippen LogP contribution < -0.4 is 14.4 Å². The first-order valence-corrected chi connectivity index (χ1v) is 12.2. The van der Waals surface area contributed by atoms with Gasteiger partial charge in [0.1, 0.15) is 18.2 Å². The fraction of sp³-hybridized carbons (Fsp3) is 0.250. The SMILES string of the molecule is CN(C)CCN(c1ccccc1NCCOc1ccc(F)cc1)S(=O)(=O)c1ccc(Cl)cc1.Cl. The third kappa shape index (κ3) is 7.50. The molecule has 0 saturated heterocycles. The van der Waals surface area contributed by atoms with Crippen molar-refractivity contribution in [2.75, 3.05) is 50.0 Å². The number of halogens is 3. The summed E-state index contributed by atoms with van der Waals surface area (Å²) in [6.45, 7) is 1.55. The zero-order valence-corrected chi connectivity index (χ0v) is 21.3. The van der Waals surface area contributed by atoms with Crippen LogP contribution >= 0.6 is 24.0 Å². The summed E-state index contributed by atoms with van der Waals surface area (Å²) in [6, 6.07) is 19.2. The molecule has 10 heteroatoms. The first-order valence-electron chi connectivity index (χ1n) is 10.4. The molecule has 1 N–H and O–H groups in total. The summed E-state index contributed by atoms with van der Waals surface area (Å²) < 4.78 is 47.1. The fourth-order valence-electron chi connectivity index (χ4n) is 3.12. The molecule has 184 valence electrons. The number of hydrogen-bond donors (Lipinski definition) is 1. The van der Waals surface area contributed by atoms with Crippen molar-refractivity contribution < 1.29 is 17.5 Å². The van der Waals surface area contributed by atoms with E-state index >= 15 is 0 Å². The van der Waals surface area contributed by atoms with Crippen LogP contribution in [-0.4, -0.2) is 53.7 Å². The molecule has 34 heavy (non-hydrogen) atoms. The second-order valence-electron chi connectivity index (χ2n) is 7.58. The fourth-order valence-corrected chi connectivity index (χ4v) is 4.72. The smallest absolute Gasteiger partial charge is 0.264 e. The molecule has 0 atom stereocenters. The molecule has 0 bridgehead atoms. The molecule has 0 aliphatic carbocycles. The average molecular weight is 528 g/mol. The number of para-hydroxylation sites is 2. The van der Waals surface area contributed by atoms with Crippen LogP contribution in [0.25, 0.3) is 0 Å². The van der Waals surface area contributed by atoms with Crippen LogP contribution in [0.4, 0.5) is 15.8 Å². The van der Waals surface area contributed by atoms with Gasteiger partial charge in [-0.15, -0.1) is 12.4 Å². The molecular weight excluding hydrogens is 500 g/mol. The molecule has 0 heterocycles. The van der Waals surface area contributed by atoms with E-state index in [1.165, 1.54) is 28.6 Å². The highest BCUT2D eigenvalue weighted by atomic mass is 35.5. The van der Waals surface area contributed by atoms with Gasteiger partial charge in [-0.05, 0) is 74.8 Å². The number of sulfonamides is 1. The molecule has 0 unspecified atom stereocenters. The van der Waals surface area contributed by atoms with E-state index in [1.54, 1.807) is 36.4 Å². The number of rotatable bonds is 11. The van der Waals surface area contributed by atoms with Gasteiger partial charge in [0, 0.05) is 24.7 Å². The molecule has 0 aliphatic rings. The Labute approximate surface area is 211 Å². The topological polar surface area (TPSA) is 61.9 Å². The van der Waals surface area contributed by atoms with Crippen LogP contribution in [0.3, 0.4) is 0 Å². The Morgan fingerprint density at radius 1 is 0.941 bits per heavy atom. The number of ether oxygens (including phenoxy) is 1. The minimum atomic E-state index is -3.83. The standard InChI is InChI=1S/C24H27ClFN3O3S.ClH/c1-28(2)16-17-29(33(30,31)22-13-7-19(25)8-14-22)24-6-4-3-5-23(24)27-15-18-32-21-11-9-20(26)10-12-21;/h3-14,27H,15-18H2,1-2H3;1H. The van der Waals surface area contributed by atoms with Crippen LogP contribution in [0.1, 0.15) is 0 Å².